The lowest BCUT2D eigenvalue weighted by molar-refractivity contribution is 0.123. The molecule has 0 aliphatic heterocycles. The second kappa shape index (κ2) is 6.64. The minimum absolute atomic E-state index is 0.461. The molecule has 2 rings (SSSR count). The summed E-state index contributed by atoms with van der Waals surface area (Å²) in [4.78, 5) is 6.22. The normalized spacial score (nSPS) is 12.7. The average molecular weight is 270 g/mol. The van der Waals surface area contributed by atoms with Gasteiger partial charge in [-0.1, -0.05) is 29.8 Å². The number of hydrogen-bond acceptors (Lipinski definition) is 3. The SMILES string of the molecule is Cc1ccc(C(O)CN(C)Cc2cccnc2)c(C)c1. The maximum Gasteiger partial charge on any atom is 0.0919 e. The number of nitrogens with zero attached hydrogens (tertiary/aromatic N) is 2. The zero-order valence-corrected chi connectivity index (χ0v) is 12.4. The van der Waals surface area contributed by atoms with Crippen LogP contribution in [0.1, 0.15) is 28.4 Å². The molecular weight excluding hydrogens is 248 g/mol. The van der Waals surface area contributed by atoms with Gasteiger partial charge in [-0.05, 0) is 43.7 Å². The molecule has 1 aromatic heterocycles. The highest BCUT2D eigenvalue weighted by Crippen LogP contribution is 2.20. The van der Waals surface area contributed by atoms with Crippen LogP contribution in [0.25, 0.3) is 0 Å². The topological polar surface area (TPSA) is 36.4 Å². The maximum absolute atomic E-state index is 10.4. The summed E-state index contributed by atoms with van der Waals surface area (Å²) in [5.74, 6) is 0. The lowest BCUT2D eigenvalue weighted by atomic mass is 10.0. The van der Waals surface area contributed by atoms with Gasteiger partial charge in [-0.3, -0.25) is 9.88 Å². The number of aliphatic hydroxyl groups is 1. The molecule has 0 aliphatic rings. The smallest absolute Gasteiger partial charge is 0.0919 e. The van der Waals surface area contributed by atoms with E-state index < -0.39 is 6.10 Å². The van der Waals surface area contributed by atoms with Crippen LogP contribution in [0.4, 0.5) is 0 Å². The minimum atomic E-state index is -0.461. The van der Waals surface area contributed by atoms with Crippen molar-refractivity contribution in [3.05, 3.63) is 65.0 Å². The van der Waals surface area contributed by atoms with Gasteiger partial charge in [-0.15, -0.1) is 0 Å². The fraction of sp³-hybridized carbons (Fsp3) is 0.353. The lowest BCUT2D eigenvalue weighted by Crippen LogP contribution is -2.24. The van der Waals surface area contributed by atoms with Gasteiger partial charge in [0.2, 0.25) is 0 Å². The predicted molar refractivity (Wildman–Crippen MR) is 81.4 cm³/mol. The van der Waals surface area contributed by atoms with E-state index in [1.54, 1.807) is 6.20 Å². The zero-order chi connectivity index (χ0) is 14.5. The molecule has 20 heavy (non-hydrogen) atoms. The summed E-state index contributed by atoms with van der Waals surface area (Å²) >= 11 is 0. The molecule has 1 heterocycles. The van der Waals surface area contributed by atoms with Crippen molar-refractivity contribution < 1.29 is 5.11 Å². The van der Waals surface area contributed by atoms with Gasteiger partial charge in [-0.2, -0.15) is 0 Å². The first kappa shape index (κ1) is 14.7. The van der Waals surface area contributed by atoms with Gasteiger partial charge < -0.3 is 5.11 Å². The maximum atomic E-state index is 10.4. The molecule has 1 N–H and O–H groups in total. The van der Waals surface area contributed by atoms with E-state index in [-0.39, 0.29) is 0 Å². The number of benzene rings is 1. The number of likely N-dealkylation sites (N-methyl/N-ethyl adjacent to an activating group) is 1. The Kier molecular flexibility index (Phi) is 4.88. The molecule has 3 nitrogen and oxygen atoms in total. The average Bonchev–Trinajstić information content (AvgIpc) is 2.39. The van der Waals surface area contributed by atoms with Crippen LogP contribution < -0.4 is 0 Å². The third-order valence-electron chi connectivity index (χ3n) is 3.44. The summed E-state index contributed by atoms with van der Waals surface area (Å²) in [6, 6.07) is 10.2. The van der Waals surface area contributed by atoms with Crippen molar-refractivity contribution in [2.75, 3.05) is 13.6 Å². The van der Waals surface area contributed by atoms with E-state index in [4.69, 9.17) is 0 Å². The first-order chi connectivity index (χ1) is 9.56. The summed E-state index contributed by atoms with van der Waals surface area (Å²) in [7, 11) is 2.01. The Hall–Kier alpha value is -1.71. The molecule has 0 bridgehead atoms. The van der Waals surface area contributed by atoms with Crippen molar-refractivity contribution in [1.29, 1.82) is 0 Å². The van der Waals surface area contributed by atoms with E-state index >= 15 is 0 Å². The van der Waals surface area contributed by atoms with Crippen LogP contribution in [0.3, 0.4) is 0 Å². The number of aryl methyl sites for hydroxylation is 2. The van der Waals surface area contributed by atoms with Crippen molar-refractivity contribution in [2.24, 2.45) is 0 Å². The zero-order valence-electron chi connectivity index (χ0n) is 12.4. The molecule has 0 radical (unpaired) electrons. The van der Waals surface area contributed by atoms with Crippen LogP contribution >= 0.6 is 0 Å². The summed E-state index contributed by atoms with van der Waals surface area (Å²) in [5, 5.41) is 10.4. The monoisotopic (exact) mass is 270 g/mol. The van der Waals surface area contributed by atoms with Crippen molar-refractivity contribution >= 4 is 0 Å². The van der Waals surface area contributed by atoms with Gasteiger partial charge in [0.15, 0.2) is 0 Å². The fourth-order valence-electron chi connectivity index (χ4n) is 2.46. The molecule has 0 saturated carbocycles. The quantitative estimate of drug-likeness (QED) is 0.907. The number of rotatable bonds is 5. The molecular formula is C17H22N2O. The highest BCUT2D eigenvalue weighted by molar-refractivity contribution is 5.32. The first-order valence-electron chi connectivity index (χ1n) is 6.89. The molecule has 0 saturated heterocycles. The standard InChI is InChI=1S/C17H22N2O/c1-13-6-7-16(14(2)9-13)17(20)12-19(3)11-15-5-4-8-18-10-15/h4-10,17,20H,11-12H2,1-3H3. The Labute approximate surface area is 120 Å². The minimum Gasteiger partial charge on any atom is -0.387 e. The third kappa shape index (κ3) is 3.89. The predicted octanol–water partition coefficient (Wildman–Crippen LogP) is 2.86. The number of hydrogen-bond donors (Lipinski definition) is 1. The lowest BCUT2D eigenvalue weighted by Gasteiger charge is -2.22. The van der Waals surface area contributed by atoms with Crippen molar-refractivity contribution in [1.82, 2.24) is 9.88 Å². The second-order valence-corrected chi connectivity index (χ2v) is 5.43. The molecule has 0 fully saturated rings. The van der Waals surface area contributed by atoms with Gasteiger partial charge in [0, 0.05) is 25.5 Å². The molecule has 2 aromatic rings. The van der Waals surface area contributed by atoms with Gasteiger partial charge >= 0.3 is 0 Å². The highest BCUT2D eigenvalue weighted by Gasteiger charge is 2.13. The molecule has 0 aliphatic carbocycles. The van der Waals surface area contributed by atoms with Gasteiger partial charge in [0.05, 0.1) is 6.10 Å². The highest BCUT2D eigenvalue weighted by atomic mass is 16.3. The van der Waals surface area contributed by atoms with E-state index in [0.29, 0.717) is 6.54 Å². The van der Waals surface area contributed by atoms with Gasteiger partial charge in [0.25, 0.3) is 0 Å². The third-order valence-corrected chi connectivity index (χ3v) is 3.44. The fourth-order valence-corrected chi connectivity index (χ4v) is 2.46. The van der Waals surface area contributed by atoms with Crippen LogP contribution in [0.5, 0.6) is 0 Å². The van der Waals surface area contributed by atoms with Gasteiger partial charge in [-0.25, -0.2) is 0 Å². The van der Waals surface area contributed by atoms with Crippen LogP contribution in [0.15, 0.2) is 42.7 Å². The summed E-state index contributed by atoms with van der Waals surface area (Å²) in [6.45, 7) is 5.51. The second-order valence-electron chi connectivity index (χ2n) is 5.43. The molecule has 3 heteroatoms. The van der Waals surface area contributed by atoms with Gasteiger partial charge in [0.1, 0.15) is 0 Å². The molecule has 106 valence electrons. The molecule has 0 spiro atoms. The molecule has 1 aromatic carbocycles. The number of pyridine rings is 1. The van der Waals surface area contributed by atoms with Crippen LogP contribution in [0, 0.1) is 13.8 Å². The van der Waals surface area contributed by atoms with Crippen molar-refractivity contribution in [3.63, 3.8) is 0 Å². The number of aromatic nitrogens is 1. The van der Waals surface area contributed by atoms with E-state index in [9.17, 15) is 5.11 Å². The summed E-state index contributed by atoms with van der Waals surface area (Å²) in [6.07, 6.45) is 3.17. The largest absolute Gasteiger partial charge is 0.387 e. The van der Waals surface area contributed by atoms with Crippen LogP contribution in [-0.4, -0.2) is 28.6 Å². The molecule has 0 amide bonds. The van der Waals surface area contributed by atoms with Crippen molar-refractivity contribution in [2.45, 2.75) is 26.5 Å². The van der Waals surface area contributed by atoms with E-state index in [1.165, 1.54) is 5.56 Å². The molecule has 1 unspecified atom stereocenters. The van der Waals surface area contributed by atoms with Crippen LogP contribution in [0.2, 0.25) is 0 Å². The number of aliphatic hydroxyl groups excluding tert-OH is 1. The van der Waals surface area contributed by atoms with E-state index in [1.807, 2.05) is 44.4 Å². The van der Waals surface area contributed by atoms with E-state index in [0.717, 1.165) is 23.2 Å². The summed E-state index contributed by atoms with van der Waals surface area (Å²) in [5.41, 5.74) is 4.53. The van der Waals surface area contributed by atoms with Crippen LogP contribution in [-0.2, 0) is 6.54 Å². The van der Waals surface area contributed by atoms with Crippen molar-refractivity contribution in [3.8, 4) is 0 Å². The molecule has 1 atom stereocenters. The Balaban J connectivity index is 1.98. The summed E-state index contributed by atoms with van der Waals surface area (Å²) < 4.78 is 0. The Morgan fingerprint density at radius 3 is 2.70 bits per heavy atom. The Bertz CT molecular complexity index is 554. The Morgan fingerprint density at radius 2 is 2.05 bits per heavy atom. The Morgan fingerprint density at radius 1 is 1.25 bits per heavy atom. The first-order valence-corrected chi connectivity index (χ1v) is 6.89. The van der Waals surface area contributed by atoms with E-state index in [2.05, 4.69) is 22.9 Å².